The Morgan fingerprint density at radius 2 is 1.44 bits per heavy atom. The van der Waals surface area contributed by atoms with E-state index in [9.17, 15) is 14.7 Å². The van der Waals surface area contributed by atoms with Crippen LogP contribution in [0.2, 0.25) is 0 Å². The van der Waals surface area contributed by atoms with E-state index in [4.69, 9.17) is 20.0 Å². The van der Waals surface area contributed by atoms with Crippen LogP contribution in [0.5, 0.6) is 0 Å². The number of nitrogens with zero attached hydrogens (tertiary/aromatic N) is 4. The molecule has 344 valence electrons. The summed E-state index contributed by atoms with van der Waals surface area (Å²) in [5.41, 5.74) is 6.80. The molecule has 4 rings (SSSR count). The van der Waals surface area contributed by atoms with Gasteiger partial charge in [-0.2, -0.15) is 0 Å². The molecular weight excluding hydrogens is 769 g/mol. The highest BCUT2D eigenvalue weighted by atomic mass is 16.3. The Hall–Kier alpha value is -4.65. The summed E-state index contributed by atoms with van der Waals surface area (Å²) in [6.07, 6.45) is 8.94. The Bertz CT molecular complexity index is 1610. The number of carbonyl (C=O) groups excluding carboxylic acids is 2. The monoisotopic (exact) mass is 851 g/mol. The first-order valence-electron chi connectivity index (χ1n) is 21.8. The number of aromatic amines is 1. The van der Waals surface area contributed by atoms with Gasteiger partial charge in [-0.05, 0) is 95.6 Å². The van der Waals surface area contributed by atoms with Crippen molar-refractivity contribution in [2.24, 2.45) is 16.8 Å². The molecule has 5 N–H and O–H groups in total. The number of rotatable bonds is 15. The zero-order chi connectivity index (χ0) is 46.9. The number of amides is 1. The van der Waals surface area contributed by atoms with Crippen LogP contribution in [-0.4, -0.2) is 112 Å². The van der Waals surface area contributed by atoms with Gasteiger partial charge in [-0.3, -0.25) is 19.5 Å². The third kappa shape index (κ3) is 25.7. The Balaban J connectivity index is 0. The number of benzene rings is 2. The first kappa shape index (κ1) is 58.4. The third-order valence-corrected chi connectivity index (χ3v) is 9.79. The van der Waals surface area contributed by atoms with E-state index >= 15 is 0 Å². The second-order valence-corrected chi connectivity index (χ2v) is 16.0. The Morgan fingerprint density at radius 1 is 0.951 bits per heavy atom. The highest BCUT2D eigenvalue weighted by Gasteiger charge is 2.26. The summed E-state index contributed by atoms with van der Waals surface area (Å²) in [4.78, 5) is 45.7. The molecule has 4 atom stereocenters. The van der Waals surface area contributed by atoms with Crippen LogP contribution in [0.4, 0.5) is 0 Å². The van der Waals surface area contributed by atoms with Gasteiger partial charge in [-0.25, -0.2) is 4.98 Å². The number of likely N-dealkylation sites (N-methyl/N-ethyl adjacent to an activating group) is 1. The quantitative estimate of drug-likeness (QED) is 0.0567. The summed E-state index contributed by atoms with van der Waals surface area (Å²) in [6.45, 7) is 27.0. The van der Waals surface area contributed by atoms with Crippen molar-refractivity contribution in [1.29, 1.82) is 0 Å². The molecule has 61 heavy (non-hydrogen) atoms. The molecule has 1 aliphatic rings. The van der Waals surface area contributed by atoms with Gasteiger partial charge in [0.05, 0.1) is 36.3 Å². The van der Waals surface area contributed by atoms with Gasteiger partial charge in [0.2, 0.25) is 6.41 Å². The normalized spacial score (nSPS) is 14.9. The highest BCUT2D eigenvalue weighted by Crippen LogP contribution is 2.29. The van der Waals surface area contributed by atoms with Crippen molar-refractivity contribution < 1.29 is 29.7 Å². The molecule has 0 radical (unpaired) electrons. The molecule has 2 heterocycles. The summed E-state index contributed by atoms with van der Waals surface area (Å²) in [7, 11) is 3.97. The van der Waals surface area contributed by atoms with Gasteiger partial charge >= 0.3 is 0 Å². The van der Waals surface area contributed by atoms with Crippen LogP contribution in [0.15, 0.2) is 71.6 Å². The maximum atomic E-state index is 11.4. The number of carboxylic acid groups (broad SMARTS) is 1. The van der Waals surface area contributed by atoms with E-state index in [1.165, 1.54) is 23.1 Å². The van der Waals surface area contributed by atoms with Gasteiger partial charge in [0.15, 0.2) is 0 Å². The van der Waals surface area contributed by atoms with E-state index in [-0.39, 0.29) is 18.6 Å². The second kappa shape index (κ2) is 35.0. The van der Waals surface area contributed by atoms with Gasteiger partial charge in [0, 0.05) is 43.7 Å². The minimum atomic E-state index is -0.364. The molecule has 0 aliphatic carbocycles. The molecule has 3 aromatic rings. The first-order chi connectivity index (χ1) is 28.9. The summed E-state index contributed by atoms with van der Waals surface area (Å²) in [6, 6.07) is 18.2. The lowest BCUT2D eigenvalue weighted by atomic mass is 9.87. The molecule has 1 saturated heterocycles. The SMILES string of the molecule is C/C=C(\C)O.CC(=NCC(c1ccc(-c2ccc(-c3cnc(CN(C)CC(C)O)[nH]3)cc2)cc1)C(C)C)C1CCCN1C=O.CCC.CCC=O.CNC(C)C(C)C.O=CO. The molecule has 2 aromatic carbocycles. The minimum Gasteiger partial charge on any atom is -0.513 e. The van der Waals surface area contributed by atoms with Crippen LogP contribution in [0.3, 0.4) is 0 Å². The van der Waals surface area contributed by atoms with Crippen molar-refractivity contribution in [2.75, 3.05) is 33.7 Å². The number of hydrogen-bond acceptors (Lipinski definition) is 9. The van der Waals surface area contributed by atoms with E-state index in [2.05, 4.69) is 119 Å². The number of nitrogens with one attached hydrogen (secondary N) is 2. The Kier molecular flexibility index (Phi) is 33.5. The average Bonchev–Trinajstić information content (AvgIpc) is 3.92. The van der Waals surface area contributed by atoms with Gasteiger partial charge < -0.3 is 35.3 Å². The molecule has 1 fully saturated rings. The molecule has 12 nitrogen and oxygen atoms in total. The maximum absolute atomic E-state index is 11.4. The van der Waals surface area contributed by atoms with Gasteiger partial charge in [0.1, 0.15) is 12.1 Å². The molecule has 0 saturated carbocycles. The number of likely N-dealkylation sites (tertiary alicyclic amines) is 1. The third-order valence-electron chi connectivity index (χ3n) is 9.79. The van der Waals surface area contributed by atoms with Crippen LogP contribution < -0.4 is 5.32 Å². The van der Waals surface area contributed by atoms with Crippen molar-refractivity contribution in [3.8, 4) is 22.4 Å². The van der Waals surface area contributed by atoms with E-state index in [1.54, 1.807) is 26.8 Å². The van der Waals surface area contributed by atoms with Crippen molar-refractivity contribution >= 4 is 24.9 Å². The lowest BCUT2D eigenvalue weighted by molar-refractivity contribution is -0.123. The number of aromatic nitrogens is 2. The molecule has 0 bridgehead atoms. The average molecular weight is 851 g/mol. The number of H-pyrrole nitrogens is 1. The van der Waals surface area contributed by atoms with Crippen molar-refractivity contribution in [1.82, 2.24) is 25.1 Å². The van der Waals surface area contributed by atoms with E-state index in [0.717, 1.165) is 67.3 Å². The highest BCUT2D eigenvalue weighted by molar-refractivity contribution is 5.89. The fourth-order valence-corrected chi connectivity index (χ4v) is 5.87. The number of carbonyl (C=O) groups is 3. The Labute approximate surface area is 369 Å². The zero-order valence-corrected chi connectivity index (χ0v) is 40.0. The Morgan fingerprint density at radius 3 is 1.84 bits per heavy atom. The predicted molar refractivity (Wildman–Crippen MR) is 255 cm³/mol. The lowest BCUT2D eigenvalue weighted by Gasteiger charge is -2.23. The standard InChI is InChI=1S/C32H43N5O2.C6H15N.C4H8O.C3H6O.C3H8.CH2O2/c1-22(2)29(17-33-24(4)31-7-6-16-37(31)21-38)27-12-8-25(9-13-27)26-10-14-28(15-11-26)30-18-34-32(35-30)20-36(5)19-23(3)39;1-5(2)6(3)7-4;1-3-4(2)5;1-2-3-4;1-3-2;2-1-3/h8-15,18,21-23,29,31,39H,6-7,16-17,19-20H2,1-5H3,(H,34,35);5-7H,1-4H3;3,5H,1-2H3;3H,2H2,1H3;3H2,1-2H3;1H,(H,2,3)/b;;4-3+;;;. The van der Waals surface area contributed by atoms with Crippen LogP contribution in [0.25, 0.3) is 22.4 Å². The van der Waals surface area contributed by atoms with Gasteiger partial charge in [-0.15, -0.1) is 0 Å². The summed E-state index contributed by atoms with van der Waals surface area (Å²) in [5.74, 6) is 2.81. The van der Waals surface area contributed by atoms with Crippen LogP contribution in [0, 0.1) is 11.8 Å². The van der Waals surface area contributed by atoms with Crippen LogP contribution in [-0.2, 0) is 20.9 Å². The number of aliphatic hydroxyl groups is 2. The van der Waals surface area contributed by atoms with Gasteiger partial charge in [0.25, 0.3) is 6.47 Å². The first-order valence-corrected chi connectivity index (χ1v) is 21.8. The molecule has 0 spiro atoms. The number of aliphatic imine (C=N–C) groups is 1. The van der Waals surface area contributed by atoms with E-state index in [1.807, 2.05) is 37.0 Å². The molecule has 1 amide bonds. The number of aldehydes is 1. The molecule has 1 aliphatic heterocycles. The minimum absolute atomic E-state index is 0.158. The molecular formula is C49H82N6O6. The smallest absolute Gasteiger partial charge is 0.290 e. The van der Waals surface area contributed by atoms with Crippen LogP contribution in [0.1, 0.15) is 126 Å². The number of imidazole rings is 1. The number of hydrogen-bond donors (Lipinski definition) is 5. The topological polar surface area (TPSA) is 171 Å². The van der Waals surface area contributed by atoms with Crippen molar-refractivity contribution in [3.05, 3.63) is 78.0 Å². The number of aliphatic hydroxyl groups excluding tert-OH is 2. The van der Waals surface area contributed by atoms with Crippen molar-refractivity contribution in [2.45, 2.75) is 139 Å². The maximum Gasteiger partial charge on any atom is 0.290 e. The summed E-state index contributed by atoms with van der Waals surface area (Å²) >= 11 is 0. The predicted octanol–water partition coefficient (Wildman–Crippen LogP) is 9.81. The lowest BCUT2D eigenvalue weighted by Crippen LogP contribution is -2.34. The van der Waals surface area contributed by atoms with E-state index in [0.29, 0.717) is 43.1 Å². The summed E-state index contributed by atoms with van der Waals surface area (Å²) in [5, 5.41) is 27.9. The molecule has 12 heteroatoms. The fraction of sp³-hybridized carbons (Fsp3) is 0.571. The van der Waals surface area contributed by atoms with E-state index < -0.39 is 0 Å². The molecule has 1 aromatic heterocycles. The summed E-state index contributed by atoms with van der Waals surface area (Å²) < 4.78 is 0. The number of allylic oxidation sites excluding steroid dienone is 2. The fourth-order valence-electron chi connectivity index (χ4n) is 5.87. The molecule has 4 unspecified atom stereocenters. The zero-order valence-electron chi connectivity index (χ0n) is 40.0. The van der Waals surface area contributed by atoms with Crippen LogP contribution >= 0.6 is 0 Å². The van der Waals surface area contributed by atoms with Crippen molar-refractivity contribution in [3.63, 3.8) is 0 Å². The second-order valence-electron chi connectivity index (χ2n) is 16.0. The largest absolute Gasteiger partial charge is 0.513 e. The van der Waals surface area contributed by atoms with Gasteiger partial charge in [-0.1, -0.05) is 109 Å².